The Balaban J connectivity index is 1.92. The zero-order valence-corrected chi connectivity index (χ0v) is 16.5. The molecule has 1 aromatic heterocycles. The number of benzene rings is 2. The van der Waals surface area contributed by atoms with Crippen LogP contribution in [-0.2, 0) is 0 Å². The highest BCUT2D eigenvalue weighted by Gasteiger charge is 2.10. The standard InChI is InChI=1S/C21H17ClN2O2S/c1-3-26-20-11-14(4-9-19(20)25-2)10-16(12-23)21-24-18(13-27-21)15-5-7-17(22)8-6-15/h4-11,13H,3H2,1-2H3/b16-10-. The monoisotopic (exact) mass is 396 g/mol. The van der Waals surface area contributed by atoms with Gasteiger partial charge in [0.2, 0.25) is 0 Å². The van der Waals surface area contributed by atoms with Crippen molar-refractivity contribution in [1.82, 2.24) is 4.98 Å². The summed E-state index contributed by atoms with van der Waals surface area (Å²) in [6.07, 6.45) is 1.80. The fraction of sp³-hybridized carbons (Fsp3) is 0.143. The van der Waals surface area contributed by atoms with E-state index in [1.807, 2.05) is 54.8 Å². The molecule has 0 aliphatic rings. The van der Waals surface area contributed by atoms with Crippen LogP contribution in [0.1, 0.15) is 17.5 Å². The predicted octanol–water partition coefficient (Wildman–Crippen LogP) is 5.93. The van der Waals surface area contributed by atoms with Gasteiger partial charge >= 0.3 is 0 Å². The molecule has 27 heavy (non-hydrogen) atoms. The highest BCUT2D eigenvalue weighted by atomic mass is 35.5. The first-order chi connectivity index (χ1) is 13.1. The average Bonchev–Trinajstić information content (AvgIpc) is 3.17. The number of rotatable bonds is 6. The van der Waals surface area contributed by atoms with E-state index in [1.54, 1.807) is 13.2 Å². The van der Waals surface area contributed by atoms with Crippen LogP contribution in [0.2, 0.25) is 5.02 Å². The third kappa shape index (κ3) is 4.48. The van der Waals surface area contributed by atoms with Crippen LogP contribution in [0.15, 0.2) is 47.8 Å². The number of ether oxygens (including phenoxy) is 2. The Morgan fingerprint density at radius 3 is 2.67 bits per heavy atom. The molecular formula is C21H17ClN2O2S. The second-order valence-electron chi connectivity index (χ2n) is 5.56. The van der Waals surface area contributed by atoms with E-state index in [0.717, 1.165) is 16.8 Å². The SMILES string of the molecule is CCOc1cc(/C=C(/C#N)c2nc(-c3ccc(Cl)cc3)cs2)ccc1OC. The van der Waals surface area contributed by atoms with Gasteiger partial charge in [-0.25, -0.2) is 4.98 Å². The molecule has 0 saturated carbocycles. The van der Waals surface area contributed by atoms with Gasteiger partial charge in [-0.2, -0.15) is 5.26 Å². The molecule has 0 fully saturated rings. The van der Waals surface area contributed by atoms with Gasteiger partial charge in [0.05, 0.1) is 25.0 Å². The predicted molar refractivity (Wildman–Crippen MR) is 110 cm³/mol. The smallest absolute Gasteiger partial charge is 0.161 e. The highest BCUT2D eigenvalue weighted by Crippen LogP contribution is 2.31. The zero-order valence-electron chi connectivity index (χ0n) is 14.9. The first-order valence-corrected chi connectivity index (χ1v) is 9.54. The summed E-state index contributed by atoms with van der Waals surface area (Å²) in [6.45, 7) is 2.45. The molecule has 0 aliphatic carbocycles. The van der Waals surface area contributed by atoms with Gasteiger partial charge in [0.1, 0.15) is 11.1 Å². The van der Waals surface area contributed by atoms with Crippen LogP contribution >= 0.6 is 22.9 Å². The second-order valence-corrected chi connectivity index (χ2v) is 6.85. The van der Waals surface area contributed by atoms with Gasteiger partial charge < -0.3 is 9.47 Å². The molecule has 0 N–H and O–H groups in total. The van der Waals surface area contributed by atoms with Crippen molar-refractivity contribution < 1.29 is 9.47 Å². The Kier molecular flexibility index (Phi) is 6.12. The van der Waals surface area contributed by atoms with Crippen LogP contribution < -0.4 is 9.47 Å². The quantitative estimate of drug-likeness (QED) is 0.484. The molecule has 2 aromatic carbocycles. The molecule has 3 aromatic rings. The summed E-state index contributed by atoms with van der Waals surface area (Å²) in [7, 11) is 1.60. The van der Waals surface area contributed by atoms with Crippen molar-refractivity contribution in [2.45, 2.75) is 6.92 Å². The number of nitriles is 1. The van der Waals surface area contributed by atoms with E-state index in [1.165, 1.54) is 11.3 Å². The molecule has 3 rings (SSSR count). The minimum absolute atomic E-state index is 0.493. The lowest BCUT2D eigenvalue weighted by Gasteiger charge is -2.09. The summed E-state index contributed by atoms with van der Waals surface area (Å²) in [5, 5.41) is 12.9. The highest BCUT2D eigenvalue weighted by molar-refractivity contribution is 7.11. The maximum absolute atomic E-state index is 9.61. The van der Waals surface area contributed by atoms with Gasteiger partial charge in [-0.15, -0.1) is 11.3 Å². The van der Waals surface area contributed by atoms with Crippen molar-refractivity contribution in [1.29, 1.82) is 5.26 Å². The van der Waals surface area contributed by atoms with Gasteiger partial charge in [0, 0.05) is 16.0 Å². The van der Waals surface area contributed by atoms with Crippen molar-refractivity contribution >= 4 is 34.6 Å². The van der Waals surface area contributed by atoms with Gasteiger partial charge in [0.15, 0.2) is 11.5 Å². The molecule has 6 heteroatoms. The molecule has 0 unspecified atom stereocenters. The molecule has 1 heterocycles. The molecule has 0 atom stereocenters. The number of halogens is 1. The number of methoxy groups -OCH3 is 1. The molecule has 0 saturated heterocycles. The summed E-state index contributed by atoms with van der Waals surface area (Å²) in [5.41, 5.74) is 3.12. The molecule has 0 amide bonds. The van der Waals surface area contributed by atoms with E-state index >= 15 is 0 Å². The maximum Gasteiger partial charge on any atom is 0.161 e. The number of thiazole rings is 1. The van der Waals surface area contributed by atoms with Crippen LogP contribution in [-0.4, -0.2) is 18.7 Å². The summed E-state index contributed by atoms with van der Waals surface area (Å²) in [6, 6.07) is 15.3. The number of aromatic nitrogens is 1. The fourth-order valence-corrected chi connectivity index (χ4v) is 3.43. The summed E-state index contributed by atoms with van der Waals surface area (Å²) in [4.78, 5) is 4.60. The Bertz CT molecular complexity index is 1000. The topological polar surface area (TPSA) is 55.1 Å². The van der Waals surface area contributed by atoms with E-state index in [-0.39, 0.29) is 0 Å². The van der Waals surface area contributed by atoms with E-state index in [9.17, 15) is 5.26 Å². The lowest BCUT2D eigenvalue weighted by atomic mass is 10.1. The third-order valence-electron chi connectivity index (χ3n) is 3.79. The van der Waals surface area contributed by atoms with E-state index in [2.05, 4.69) is 11.1 Å². The van der Waals surface area contributed by atoms with Crippen molar-refractivity contribution in [3.8, 4) is 28.8 Å². The van der Waals surface area contributed by atoms with Gasteiger partial charge in [-0.05, 0) is 42.8 Å². The van der Waals surface area contributed by atoms with Crippen LogP contribution in [0, 0.1) is 11.3 Å². The zero-order chi connectivity index (χ0) is 19.2. The molecule has 0 bridgehead atoms. The van der Waals surface area contributed by atoms with Crippen LogP contribution in [0.3, 0.4) is 0 Å². The van der Waals surface area contributed by atoms with Crippen molar-refractivity contribution in [2.24, 2.45) is 0 Å². The van der Waals surface area contributed by atoms with Crippen LogP contribution in [0.5, 0.6) is 11.5 Å². The van der Waals surface area contributed by atoms with Crippen LogP contribution in [0.25, 0.3) is 22.9 Å². The molecule has 4 nitrogen and oxygen atoms in total. The first-order valence-electron chi connectivity index (χ1n) is 8.29. The third-order valence-corrected chi connectivity index (χ3v) is 4.92. The van der Waals surface area contributed by atoms with E-state index < -0.39 is 0 Å². The van der Waals surface area contributed by atoms with Gasteiger partial charge in [-0.1, -0.05) is 29.8 Å². The maximum atomic E-state index is 9.61. The number of nitrogens with zero attached hydrogens (tertiary/aromatic N) is 2. The van der Waals surface area contributed by atoms with E-state index in [4.69, 9.17) is 21.1 Å². The van der Waals surface area contributed by atoms with E-state index in [0.29, 0.717) is 33.7 Å². The molecular weight excluding hydrogens is 380 g/mol. The van der Waals surface area contributed by atoms with Crippen molar-refractivity contribution in [3.05, 3.63) is 63.4 Å². The molecule has 0 spiro atoms. The minimum Gasteiger partial charge on any atom is -0.493 e. The summed E-state index contributed by atoms with van der Waals surface area (Å²) in [5.74, 6) is 1.30. The largest absolute Gasteiger partial charge is 0.493 e. The molecule has 136 valence electrons. The van der Waals surface area contributed by atoms with Crippen molar-refractivity contribution in [2.75, 3.05) is 13.7 Å². The number of hydrogen-bond donors (Lipinski definition) is 0. The van der Waals surface area contributed by atoms with Gasteiger partial charge in [0.25, 0.3) is 0 Å². The fourth-order valence-electron chi connectivity index (χ4n) is 2.51. The number of allylic oxidation sites excluding steroid dienone is 1. The average molecular weight is 397 g/mol. The summed E-state index contributed by atoms with van der Waals surface area (Å²) >= 11 is 7.37. The molecule has 0 aliphatic heterocycles. The lowest BCUT2D eigenvalue weighted by Crippen LogP contribution is -1.95. The normalized spacial score (nSPS) is 11.1. The lowest BCUT2D eigenvalue weighted by molar-refractivity contribution is 0.311. The minimum atomic E-state index is 0.493. The van der Waals surface area contributed by atoms with Crippen LogP contribution in [0.4, 0.5) is 0 Å². The molecule has 0 radical (unpaired) electrons. The Labute approximate surface area is 167 Å². The summed E-state index contributed by atoms with van der Waals surface area (Å²) < 4.78 is 10.9. The Morgan fingerprint density at radius 1 is 1.22 bits per heavy atom. The second kappa shape index (κ2) is 8.72. The van der Waals surface area contributed by atoms with Gasteiger partial charge in [-0.3, -0.25) is 0 Å². The Morgan fingerprint density at radius 2 is 2.00 bits per heavy atom. The Hall–Kier alpha value is -2.81. The first kappa shape index (κ1) is 19.0. The van der Waals surface area contributed by atoms with Crippen molar-refractivity contribution in [3.63, 3.8) is 0 Å². The number of hydrogen-bond acceptors (Lipinski definition) is 5.